The Bertz CT molecular complexity index is 586. The molecule has 0 aliphatic rings. The van der Waals surface area contributed by atoms with Crippen LogP contribution >= 0.6 is 27.5 Å². The van der Waals surface area contributed by atoms with Crippen molar-refractivity contribution in [1.29, 1.82) is 0 Å². The van der Waals surface area contributed by atoms with Crippen LogP contribution in [0, 0.1) is 0 Å². The van der Waals surface area contributed by atoms with Crippen LogP contribution in [0.25, 0.3) is 0 Å². The van der Waals surface area contributed by atoms with Gasteiger partial charge in [0.05, 0.1) is 14.2 Å². The van der Waals surface area contributed by atoms with Crippen molar-refractivity contribution >= 4 is 27.5 Å². The number of alkyl halides is 1. The second-order valence-corrected chi connectivity index (χ2v) is 5.95. The van der Waals surface area contributed by atoms with Gasteiger partial charge in [-0.25, -0.2) is 0 Å². The summed E-state index contributed by atoms with van der Waals surface area (Å²) in [5.74, 6) is 1.66. The Kier molecular flexibility index (Phi) is 5.32. The van der Waals surface area contributed by atoms with Gasteiger partial charge in [0, 0.05) is 15.4 Å². The van der Waals surface area contributed by atoms with Crippen LogP contribution in [0.1, 0.15) is 16.0 Å². The van der Waals surface area contributed by atoms with E-state index in [0.29, 0.717) is 5.02 Å². The molecule has 106 valence electrons. The lowest BCUT2D eigenvalue weighted by Gasteiger charge is -2.15. The van der Waals surface area contributed by atoms with Crippen LogP contribution in [0.2, 0.25) is 5.02 Å². The van der Waals surface area contributed by atoms with E-state index < -0.39 is 0 Å². The molecule has 0 heterocycles. The van der Waals surface area contributed by atoms with E-state index in [1.54, 1.807) is 14.2 Å². The Morgan fingerprint density at radius 1 is 1.10 bits per heavy atom. The Balaban J connectivity index is 2.21. The first-order chi connectivity index (χ1) is 9.63. The molecule has 1 atom stereocenters. The van der Waals surface area contributed by atoms with E-state index >= 15 is 0 Å². The van der Waals surface area contributed by atoms with Crippen LogP contribution in [-0.4, -0.2) is 14.2 Å². The van der Waals surface area contributed by atoms with Crippen LogP contribution in [-0.2, 0) is 6.42 Å². The fraction of sp³-hybridized carbons (Fsp3) is 0.250. The van der Waals surface area contributed by atoms with Gasteiger partial charge < -0.3 is 9.47 Å². The molecule has 0 saturated carbocycles. The average molecular weight is 356 g/mol. The molecular weight excluding hydrogens is 340 g/mol. The maximum Gasteiger partial charge on any atom is 0.124 e. The zero-order chi connectivity index (χ0) is 14.5. The third kappa shape index (κ3) is 3.68. The summed E-state index contributed by atoms with van der Waals surface area (Å²) in [5.41, 5.74) is 2.28. The zero-order valence-corrected chi connectivity index (χ0v) is 13.7. The molecule has 0 aliphatic carbocycles. The van der Waals surface area contributed by atoms with Crippen molar-refractivity contribution in [2.24, 2.45) is 0 Å². The third-order valence-corrected chi connectivity index (χ3v) is 4.13. The Morgan fingerprint density at radius 2 is 1.90 bits per heavy atom. The van der Waals surface area contributed by atoms with Crippen molar-refractivity contribution in [3.63, 3.8) is 0 Å². The maximum atomic E-state index is 5.99. The fourth-order valence-electron chi connectivity index (χ4n) is 2.06. The number of ether oxygens (including phenoxy) is 2. The van der Waals surface area contributed by atoms with Gasteiger partial charge in [-0.2, -0.15) is 0 Å². The topological polar surface area (TPSA) is 18.5 Å². The monoisotopic (exact) mass is 354 g/mol. The molecule has 0 N–H and O–H groups in total. The first kappa shape index (κ1) is 15.2. The standard InChI is InChI=1S/C16H16BrClO2/c1-19-13-5-3-4-11(8-13)9-15(17)14-7-6-12(18)10-16(14)20-2/h3-8,10,15H,9H2,1-2H3. The van der Waals surface area contributed by atoms with Gasteiger partial charge in [-0.3, -0.25) is 0 Å². The molecule has 0 aliphatic heterocycles. The average Bonchev–Trinajstić information content (AvgIpc) is 2.47. The summed E-state index contributed by atoms with van der Waals surface area (Å²) < 4.78 is 10.6. The summed E-state index contributed by atoms with van der Waals surface area (Å²) in [6.07, 6.45) is 0.842. The molecule has 4 heteroatoms. The molecule has 1 unspecified atom stereocenters. The molecule has 2 rings (SSSR count). The number of hydrogen-bond acceptors (Lipinski definition) is 2. The van der Waals surface area contributed by atoms with E-state index in [0.717, 1.165) is 23.5 Å². The van der Waals surface area contributed by atoms with Crippen molar-refractivity contribution in [3.8, 4) is 11.5 Å². The van der Waals surface area contributed by atoms with Gasteiger partial charge in [0.1, 0.15) is 11.5 Å². The molecule has 0 amide bonds. The van der Waals surface area contributed by atoms with Gasteiger partial charge in [-0.1, -0.05) is 45.7 Å². The summed E-state index contributed by atoms with van der Waals surface area (Å²) in [4.78, 5) is 0.154. The second kappa shape index (κ2) is 7.00. The SMILES string of the molecule is COc1cccc(CC(Br)c2ccc(Cl)cc2OC)c1. The van der Waals surface area contributed by atoms with E-state index in [-0.39, 0.29) is 4.83 Å². The van der Waals surface area contributed by atoms with E-state index in [9.17, 15) is 0 Å². The molecule has 0 fully saturated rings. The van der Waals surface area contributed by atoms with Crippen molar-refractivity contribution in [1.82, 2.24) is 0 Å². The van der Waals surface area contributed by atoms with Gasteiger partial charge in [0.2, 0.25) is 0 Å². The Labute approximate surface area is 132 Å². The fourth-order valence-corrected chi connectivity index (χ4v) is 2.97. The summed E-state index contributed by atoms with van der Waals surface area (Å²) >= 11 is 9.71. The number of rotatable bonds is 5. The molecule has 2 aromatic carbocycles. The largest absolute Gasteiger partial charge is 0.497 e. The van der Waals surface area contributed by atoms with Crippen LogP contribution in [0.5, 0.6) is 11.5 Å². The minimum atomic E-state index is 0.154. The maximum absolute atomic E-state index is 5.99. The quantitative estimate of drug-likeness (QED) is 0.700. The highest BCUT2D eigenvalue weighted by Crippen LogP contribution is 2.35. The minimum Gasteiger partial charge on any atom is -0.497 e. The summed E-state index contributed by atoms with van der Waals surface area (Å²) in [6, 6.07) is 13.7. The third-order valence-electron chi connectivity index (χ3n) is 3.08. The molecule has 0 spiro atoms. The first-order valence-electron chi connectivity index (χ1n) is 6.24. The van der Waals surface area contributed by atoms with Gasteiger partial charge in [0.25, 0.3) is 0 Å². The summed E-state index contributed by atoms with van der Waals surface area (Å²) in [5, 5.41) is 0.673. The molecule has 2 aromatic rings. The predicted molar refractivity (Wildman–Crippen MR) is 86.4 cm³/mol. The van der Waals surface area contributed by atoms with E-state index in [2.05, 4.69) is 22.0 Å². The highest BCUT2D eigenvalue weighted by Gasteiger charge is 2.14. The van der Waals surface area contributed by atoms with Crippen molar-refractivity contribution < 1.29 is 9.47 Å². The lowest BCUT2D eigenvalue weighted by molar-refractivity contribution is 0.409. The smallest absolute Gasteiger partial charge is 0.124 e. The second-order valence-electron chi connectivity index (χ2n) is 4.41. The number of methoxy groups -OCH3 is 2. The normalized spacial score (nSPS) is 12.0. The van der Waals surface area contributed by atoms with Crippen molar-refractivity contribution in [3.05, 3.63) is 58.6 Å². The summed E-state index contributed by atoms with van der Waals surface area (Å²) in [7, 11) is 3.33. The molecule has 20 heavy (non-hydrogen) atoms. The lowest BCUT2D eigenvalue weighted by Crippen LogP contribution is -1.99. The Hall–Kier alpha value is -1.19. The summed E-state index contributed by atoms with van der Waals surface area (Å²) in [6.45, 7) is 0. The highest BCUT2D eigenvalue weighted by atomic mass is 79.9. The van der Waals surface area contributed by atoms with Crippen LogP contribution in [0.4, 0.5) is 0 Å². The van der Waals surface area contributed by atoms with E-state index in [4.69, 9.17) is 21.1 Å². The first-order valence-corrected chi connectivity index (χ1v) is 7.54. The molecule has 2 nitrogen and oxygen atoms in total. The predicted octanol–water partition coefficient (Wildman–Crippen LogP) is 5.04. The van der Waals surface area contributed by atoms with Gasteiger partial charge in [-0.15, -0.1) is 0 Å². The van der Waals surface area contributed by atoms with Crippen LogP contribution < -0.4 is 9.47 Å². The molecule has 0 bridgehead atoms. The van der Waals surface area contributed by atoms with Crippen LogP contribution in [0.3, 0.4) is 0 Å². The molecule has 0 aromatic heterocycles. The number of halogens is 2. The van der Waals surface area contributed by atoms with E-state index in [1.807, 2.05) is 36.4 Å². The van der Waals surface area contributed by atoms with Crippen molar-refractivity contribution in [2.45, 2.75) is 11.2 Å². The highest BCUT2D eigenvalue weighted by molar-refractivity contribution is 9.09. The van der Waals surface area contributed by atoms with Crippen molar-refractivity contribution in [2.75, 3.05) is 14.2 Å². The zero-order valence-electron chi connectivity index (χ0n) is 11.4. The van der Waals surface area contributed by atoms with Gasteiger partial charge in [0.15, 0.2) is 0 Å². The lowest BCUT2D eigenvalue weighted by atomic mass is 10.0. The van der Waals surface area contributed by atoms with Crippen LogP contribution in [0.15, 0.2) is 42.5 Å². The molecule has 0 radical (unpaired) electrons. The van der Waals surface area contributed by atoms with E-state index in [1.165, 1.54) is 5.56 Å². The number of benzene rings is 2. The Morgan fingerprint density at radius 3 is 2.60 bits per heavy atom. The van der Waals surface area contributed by atoms with Gasteiger partial charge in [-0.05, 0) is 36.2 Å². The minimum absolute atomic E-state index is 0.154. The van der Waals surface area contributed by atoms with Gasteiger partial charge >= 0.3 is 0 Å². The molecular formula is C16H16BrClO2. The molecule has 0 saturated heterocycles. The number of hydrogen-bond donors (Lipinski definition) is 0.